The molecule has 33 heavy (non-hydrogen) atoms. The van der Waals surface area contributed by atoms with E-state index in [1.807, 2.05) is 0 Å². The zero-order valence-corrected chi connectivity index (χ0v) is 17.6. The van der Waals surface area contributed by atoms with Crippen molar-refractivity contribution in [2.45, 2.75) is 18.2 Å². The van der Waals surface area contributed by atoms with Crippen LogP contribution in [0.25, 0.3) is 0 Å². The van der Waals surface area contributed by atoms with Crippen LogP contribution in [0.5, 0.6) is 5.75 Å². The van der Waals surface area contributed by atoms with E-state index in [0.717, 1.165) is 11.3 Å². The summed E-state index contributed by atoms with van der Waals surface area (Å²) in [6.45, 7) is 1.47. The second kappa shape index (κ2) is 8.71. The lowest BCUT2D eigenvalue weighted by Crippen LogP contribution is -2.49. The average molecular weight is 452 g/mol. The number of halogens is 2. The van der Waals surface area contributed by atoms with Crippen molar-refractivity contribution in [2.24, 2.45) is 0 Å². The maximum atomic E-state index is 13.5. The molecule has 1 amide bonds. The maximum absolute atomic E-state index is 13.5. The molecule has 2 fully saturated rings. The molecule has 2 aliphatic rings. The number of phenols is 1. The lowest BCUT2D eigenvalue weighted by atomic mass is 9.95. The number of morpholine rings is 1. The molecule has 2 heterocycles. The van der Waals surface area contributed by atoms with Gasteiger partial charge in [0.15, 0.2) is 6.10 Å². The summed E-state index contributed by atoms with van der Waals surface area (Å²) in [4.78, 5) is 16.6. The standard InChI is InChI=1S/C25H22F2N2O4/c26-17-3-7-19(8-4-17)28-13-14-32-22(15-28)24-23(16-1-11-21(30)12-2-16)29(25(31)33-24)20-9-5-18(27)6-10-20/h1-12,22-24,30H,13-15H2/t22?,23-,24?/m1/s1. The Bertz CT molecular complexity index is 1120. The number of hydrogen-bond acceptors (Lipinski definition) is 5. The normalized spacial score (nSPS) is 23.0. The van der Waals surface area contributed by atoms with E-state index in [0.29, 0.717) is 25.4 Å². The van der Waals surface area contributed by atoms with Gasteiger partial charge in [-0.1, -0.05) is 12.1 Å². The number of amides is 1. The van der Waals surface area contributed by atoms with Crippen LogP contribution >= 0.6 is 0 Å². The van der Waals surface area contributed by atoms with Gasteiger partial charge in [-0.25, -0.2) is 13.6 Å². The van der Waals surface area contributed by atoms with Crippen LogP contribution in [0.15, 0.2) is 72.8 Å². The number of cyclic esters (lactones) is 1. The van der Waals surface area contributed by atoms with E-state index in [1.54, 1.807) is 36.4 Å². The first-order chi connectivity index (χ1) is 16.0. The zero-order chi connectivity index (χ0) is 22.9. The van der Waals surface area contributed by atoms with Crippen molar-refractivity contribution in [3.05, 3.63) is 90.0 Å². The van der Waals surface area contributed by atoms with E-state index < -0.39 is 30.2 Å². The molecule has 5 rings (SSSR count). The number of nitrogens with zero attached hydrogens (tertiary/aromatic N) is 2. The molecule has 0 saturated carbocycles. The molecule has 0 radical (unpaired) electrons. The van der Waals surface area contributed by atoms with Crippen LogP contribution in [0.3, 0.4) is 0 Å². The van der Waals surface area contributed by atoms with Gasteiger partial charge in [0.25, 0.3) is 0 Å². The minimum absolute atomic E-state index is 0.102. The van der Waals surface area contributed by atoms with Gasteiger partial charge in [0.2, 0.25) is 0 Å². The lowest BCUT2D eigenvalue weighted by molar-refractivity contribution is -0.0419. The summed E-state index contributed by atoms with van der Waals surface area (Å²) in [6, 6.07) is 17.9. The van der Waals surface area contributed by atoms with Crippen molar-refractivity contribution < 1.29 is 28.2 Å². The highest BCUT2D eigenvalue weighted by Gasteiger charge is 2.49. The van der Waals surface area contributed by atoms with Crippen molar-refractivity contribution in [1.29, 1.82) is 0 Å². The monoisotopic (exact) mass is 452 g/mol. The third-order valence-corrected chi connectivity index (χ3v) is 6.01. The molecule has 1 N–H and O–H groups in total. The van der Waals surface area contributed by atoms with Gasteiger partial charge in [-0.3, -0.25) is 4.90 Å². The summed E-state index contributed by atoms with van der Waals surface area (Å²) in [7, 11) is 0. The summed E-state index contributed by atoms with van der Waals surface area (Å²) in [6.07, 6.45) is -1.68. The van der Waals surface area contributed by atoms with Gasteiger partial charge in [-0.05, 0) is 66.2 Å². The van der Waals surface area contributed by atoms with Crippen LogP contribution in [0.4, 0.5) is 25.0 Å². The third-order valence-electron chi connectivity index (χ3n) is 6.01. The van der Waals surface area contributed by atoms with E-state index in [9.17, 15) is 18.7 Å². The summed E-state index contributed by atoms with van der Waals surface area (Å²) in [5.41, 5.74) is 2.09. The van der Waals surface area contributed by atoms with E-state index in [4.69, 9.17) is 9.47 Å². The fraction of sp³-hybridized carbons (Fsp3) is 0.240. The Balaban J connectivity index is 1.48. The third kappa shape index (κ3) is 4.21. The first-order valence-electron chi connectivity index (χ1n) is 10.7. The smallest absolute Gasteiger partial charge is 0.415 e. The quantitative estimate of drug-likeness (QED) is 0.625. The first-order valence-corrected chi connectivity index (χ1v) is 10.7. The lowest BCUT2D eigenvalue weighted by Gasteiger charge is -2.38. The molecular weight excluding hydrogens is 430 g/mol. The first kappa shape index (κ1) is 21.2. The Kier molecular flexibility index (Phi) is 5.60. The Morgan fingerprint density at radius 3 is 2.09 bits per heavy atom. The largest absolute Gasteiger partial charge is 0.508 e. The molecule has 3 aromatic carbocycles. The average Bonchev–Trinajstić information content (AvgIpc) is 3.18. The van der Waals surface area contributed by atoms with Crippen LogP contribution in [-0.4, -0.2) is 43.1 Å². The molecule has 0 bridgehead atoms. The molecule has 3 aromatic rings. The van der Waals surface area contributed by atoms with E-state index in [-0.39, 0.29) is 11.6 Å². The van der Waals surface area contributed by atoms with Crippen LogP contribution in [0, 0.1) is 11.6 Å². The van der Waals surface area contributed by atoms with Crippen LogP contribution in [-0.2, 0) is 9.47 Å². The Labute approximate surface area is 189 Å². The van der Waals surface area contributed by atoms with Crippen molar-refractivity contribution in [2.75, 3.05) is 29.5 Å². The molecule has 0 aromatic heterocycles. The van der Waals surface area contributed by atoms with E-state index >= 15 is 0 Å². The van der Waals surface area contributed by atoms with Crippen molar-refractivity contribution in [3.63, 3.8) is 0 Å². The zero-order valence-electron chi connectivity index (χ0n) is 17.6. The SMILES string of the molecule is O=C1OC(C2CN(c3ccc(F)cc3)CCO2)[C@@H](c2ccc(O)cc2)N1c1ccc(F)cc1. The Hall–Kier alpha value is -3.65. The number of carbonyl (C=O) groups excluding carboxylic acids is 1. The highest BCUT2D eigenvalue weighted by Crippen LogP contribution is 2.40. The molecule has 170 valence electrons. The molecule has 0 aliphatic carbocycles. The molecule has 6 nitrogen and oxygen atoms in total. The number of carbonyl (C=O) groups is 1. The highest BCUT2D eigenvalue weighted by atomic mass is 19.1. The van der Waals surface area contributed by atoms with Crippen molar-refractivity contribution in [1.82, 2.24) is 0 Å². The van der Waals surface area contributed by atoms with Gasteiger partial charge in [0.1, 0.15) is 29.5 Å². The van der Waals surface area contributed by atoms with E-state index in [1.165, 1.54) is 41.3 Å². The second-order valence-electron chi connectivity index (χ2n) is 8.06. The molecule has 0 spiro atoms. The van der Waals surface area contributed by atoms with Crippen LogP contribution < -0.4 is 9.80 Å². The minimum Gasteiger partial charge on any atom is -0.508 e. The molecule has 8 heteroatoms. The van der Waals surface area contributed by atoms with Gasteiger partial charge in [-0.2, -0.15) is 0 Å². The number of ether oxygens (including phenoxy) is 2. The highest BCUT2D eigenvalue weighted by molar-refractivity contribution is 5.91. The van der Waals surface area contributed by atoms with Crippen LogP contribution in [0.1, 0.15) is 11.6 Å². The summed E-state index contributed by atoms with van der Waals surface area (Å²) < 4.78 is 38.7. The number of hydrogen-bond donors (Lipinski definition) is 1. The number of anilines is 2. The predicted octanol–water partition coefficient (Wildman–Crippen LogP) is 4.64. The Morgan fingerprint density at radius 2 is 1.45 bits per heavy atom. The Morgan fingerprint density at radius 1 is 0.848 bits per heavy atom. The summed E-state index contributed by atoms with van der Waals surface area (Å²) in [5, 5.41) is 9.75. The van der Waals surface area contributed by atoms with Gasteiger partial charge in [0, 0.05) is 24.5 Å². The topological polar surface area (TPSA) is 62.2 Å². The second-order valence-corrected chi connectivity index (χ2v) is 8.06. The fourth-order valence-electron chi connectivity index (χ4n) is 4.42. The molecule has 3 atom stereocenters. The van der Waals surface area contributed by atoms with Gasteiger partial charge >= 0.3 is 6.09 Å². The molecular formula is C25H22F2N2O4. The minimum atomic E-state index is -0.657. The van der Waals surface area contributed by atoms with Gasteiger partial charge in [0.05, 0.1) is 6.61 Å². The number of phenolic OH excluding ortho intramolecular Hbond substituents is 1. The fourth-order valence-corrected chi connectivity index (χ4v) is 4.42. The van der Waals surface area contributed by atoms with Gasteiger partial charge < -0.3 is 19.5 Å². The van der Waals surface area contributed by atoms with Crippen LogP contribution in [0.2, 0.25) is 0 Å². The van der Waals surface area contributed by atoms with Gasteiger partial charge in [-0.15, -0.1) is 0 Å². The van der Waals surface area contributed by atoms with Crippen molar-refractivity contribution >= 4 is 17.5 Å². The summed E-state index contributed by atoms with van der Waals surface area (Å²) >= 11 is 0. The molecule has 2 saturated heterocycles. The van der Waals surface area contributed by atoms with Crippen molar-refractivity contribution in [3.8, 4) is 5.75 Å². The summed E-state index contributed by atoms with van der Waals surface area (Å²) in [5.74, 6) is -0.615. The number of benzene rings is 3. The maximum Gasteiger partial charge on any atom is 0.415 e. The van der Waals surface area contributed by atoms with E-state index in [2.05, 4.69) is 4.90 Å². The number of rotatable bonds is 4. The molecule has 2 unspecified atom stereocenters. The number of aromatic hydroxyl groups is 1. The predicted molar refractivity (Wildman–Crippen MR) is 118 cm³/mol. The molecule has 2 aliphatic heterocycles.